The number of nitrogens with one attached hydrogen (secondary N) is 2. The fourth-order valence-electron chi connectivity index (χ4n) is 3.27. The minimum absolute atomic E-state index is 0.121. The SMILES string of the molecule is CC(C)Oc1cc2c(C(=O)NC3CC3)c(-c3ccc(F)cc3)oc2cc1NS(C)(=O)=O. The summed E-state index contributed by atoms with van der Waals surface area (Å²) in [6, 6.07) is 8.85. The highest BCUT2D eigenvalue weighted by molar-refractivity contribution is 7.92. The zero-order valence-electron chi connectivity index (χ0n) is 17.4. The molecule has 2 N–H and O–H groups in total. The second kappa shape index (κ2) is 7.88. The first-order valence-electron chi connectivity index (χ1n) is 9.92. The Morgan fingerprint density at radius 2 is 1.87 bits per heavy atom. The number of rotatable bonds is 7. The molecule has 1 fully saturated rings. The molecule has 0 unspecified atom stereocenters. The molecule has 1 heterocycles. The van der Waals surface area contributed by atoms with Crippen LogP contribution in [0.3, 0.4) is 0 Å². The molecule has 2 aromatic carbocycles. The predicted molar refractivity (Wildman–Crippen MR) is 116 cm³/mol. The van der Waals surface area contributed by atoms with Crippen LogP contribution in [0.25, 0.3) is 22.3 Å². The largest absolute Gasteiger partial charge is 0.489 e. The van der Waals surface area contributed by atoms with Gasteiger partial charge in [0, 0.05) is 23.1 Å². The first-order chi connectivity index (χ1) is 14.6. The summed E-state index contributed by atoms with van der Waals surface area (Å²) in [5.41, 5.74) is 1.34. The third kappa shape index (κ3) is 4.82. The number of hydrogen-bond donors (Lipinski definition) is 2. The Balaban J connectivity index is 1.93. The van der Waals surface area contributed by atoms with Gasteiger partial charge in [0.2, 0.25) is 10.0 Å². The molecule has 0 radical (unpaired) electrons. The van der Waals surface area contributed by atoms with Gasteiger partial charge in [-0.3, -0.25) is 9.52 Å². The van der Waals surface area contributed by atoms with Crippen molar-refractivity contribution in [1.82, 2.24) is 5.32 Å². The van der Waals surface area contributed by atoms with Gasteiger partial charge >= 0.3 is 0 Å². The normalized spacial score (nSPS) is 14.1. The van der Waals surface area contributed by atoms with Crippen LogP contribution < -0.4 is 14.8 Å². The van der Waals surface area contributed by atoms with Crippen molar-refractivity contribution < 1.29 is 26.8 Å². The average Bonchev–Trinajstić information content (AvgIpc) is 3.39. The molecular formula is C22H23FN2O5S. The highest BCUT2D eigenvalue weighted by Gasteiger charge is 2.29. The quantitative estimate of drug-likeness (QED) is 0.564. The van der Waals surface area contributed by atoms with Gasteiger partial charge in [-0.2, -0.15) is 0 Å². The van der Waals surface area contributed by atoms with Crippen molar-refractivity contribution in [3.8, 4) is 17.1 Å². The van der Waals surface area contributed by atoms with Crippen LogP contribution in [0.4, 0.5) is 10.1 Å². The summed E-state index contributed by atoms with van der Waals surface area (Å²) in [5.74, 6) is -0.156. The molecule has 164 valence electrons. The third-order valence-electron chi connectivity index (χ3n) is 4.69. The summed E-state index contributed by atoms with van der Waals surface area (Å²) in [4.78, 5) is 13.1. The summed E-state index contributed by atoms with van der Waals surface area (Å²) in [6.07, 6.45) is 2.64. The molecule has 9 heteroatoms. The van der Waals surface area contributed by atoms with Crippen LogP contribution >= 0.6 is 0 Å². The number of fused-ring (bicyclic) bond motifs is 1. The van der Waals surface area contributed by atoms with E-state index in [0.717, 1.165) is 19.1 Å². The first-order valence-corrected chi connectivity index (χ1v) is 11.8. The van der Waals surface area contributed by atoms with Gasteiger partial charge < -0.3 is 14.5 Å². The van der Waals surface area contributed by atoms with Crippen molar-refractivity contribution in [2.24, 2.45) is 0 Å². The molecule has 31 heavy (non-hydrogen) atoms. The lowest BCUT2D eigenvalue weighted by Gasteiger charge is -2.15. The molecule has 4 rings (SSSR count). The number of benzene rings is 2. The second-order valence-corrected chi connectivity index (χ2v) is 9.69. The standard InChI is InChI=1S/C22H23FN2O5S/c1-12(2)29-19-10-16-18(11-17(19)25-31(3,27)28)30-21(13-4-6-14(23)7-5-13)20(16)22(26)24-15-8-9-15/h4-7,10-12,15,25H,8-9H2,1-3H3,(H,24,26). The number of halogens is 1. The fourth-order valence-corrected chi connectivity index (χ4v) is 3.83. The van der Waals surface area contributed by atoms with Crippen molar-refractivity contribution in [3.63, 3.8) is 0 Å². The number of ether oxygens (including phenoxy) is 1. The van der Waals surface area contributed by atoms with E-state index in [2.05, 4.69) is 10.0 Å². The summed E-state index contributed by atoms with van der Waals surface area (Å²) in [6.45, 7) is 3.63. The van der Waals surface area contributed by atoms with E-state index in [-0.39, 0.29) is 35.3 Å². The molecule has 1 aromatic heterocycles. The molecule has 0 saturated heterocycles. The minimum Gasteiger partial charge on any atom is -0.489 e. The molecule has 7 nitrogen and oxygen atoms in total. The van der Waals surface area contributed by atoms with Gasteiger partial charge in [-0.15, -0.1) is 0 Å². The van der Waals surface area contributed by atoms with E-state index in [1.807, 2.05) is 13.8 Å². The summed E-state index contributed by atoms with van der Waals surface area (Å²) in [7, 11) is -3.58. The highest BCUT2D eigenvalue weighted by Crippen LogP contribution is 2.40. The van der Waals surface area contributed by atoms with Gasteiger partial charge in [0.1, 0.15) is 22.9 Å². The Bertz CT molecular complexity index is 1250. The molecule has 1 aliphatic carbocycles. The van der Waals surface area contributed by atoms with Crippen molar-refractivity contribution in [1.29, 1.82) is 0 Å². The van der Waals surface area contributed by atoms with Crippen LogP contribution in [-0.4, -0.2) is 32.7 Å². The zero-order chi connectivity index (χ0) is 22.3. The molecule has 1 amide bonds. The minimum atomic E-state index is -3.58. The Labute approximate surface area is 179 Å². The first kappa shape index (κ1) is 21.2. The Hall–Kier alpha value is -3.07. The fraction of sp³-hybridized carbons (Fsp3) is 0.318. The van der Waals surface area contributed by atoms with E-state index >= 15 is 0 Å². The third-order valence-corrected chi connectivity index (χ3v) is 5.28. The van der Waals surface area contributed by atoms with E-state index in [1.165, 1.54) is 30.3 Å². The summed E-state index contributed by atoms with van der Waals surface area (Å²) >= 11 is 0. The Morgan fingerprint density at radius 3 is 2.45 bits per heavy atom. The topological polar surface area (TPSA) is 97.6 Å². The number of furan rings is 1. The van der Waals surface area contributed by atoms with Crippen molar-refractivity contribution >= 4 is 32.6 Å². The van der Waals surface area contributed by atoms with Gasteiger partial charge in [-0.25, -0.2) is 12.8 Å². The van der Waals surface area contributed by atoms with E-state index in [4.69, 9.17) is 9.15 Å². The maximum absolute atomic E-state index is 13.4. The molecule has 0 aliphatic heterocycles. The molecular weight excluding hydrogens is 423 g/mol. The molecule has 3 aromatic rings. The van der Waals surface area contributed by atoms with Crippen molar-refractivity contribution in [3.05, 3.63) is 47.8 Å². The number of carbonyl (C=O) groups is 1. The Morgan fingerprint density at radius 1 is 1.19 bits per heavy atom. The lowest BCUT2D eigenvalue weighted by Crippen LogP contribution is -2.25. The molecule has 0 spiro atoms. The smallest absolute Gasteiger partial charge is 0.256 e. The van der Waals surface area contributed by atoms with Crippen LogP contribution in [0.1, 0.15) is 37.0 Å². The molecule has 1 aliphatic rings. The summed E-state index contributed by atoms with van der Waals surface area (Å²) < 4.78 is 51.3. The molecule has 0 bridgehead atoms. The van der Waals surface area contributed by atoms with Gasteiger partial charge in [0.05, 0.1) is 23.6 Å². The number of amides is 1. The molecule has 1 saturated carbocycles. The predicted octanol–water partition coefficient (Wildman–Crippen LogP) is 4.29. The van der Waals surface area contributed by atoms with Crippen molar-refractivity contribution in [2.75, 3.05) is 11.0 Å². The number of anilines is 1. The van der Waals surface area contributed by atoms with E-state index < -0.39 is 15.8 Å². The van der Waals surface area contributed by atoms with Gasteiger partial charge in [-0.05, 0) is 57.0 Å². The van der Waals surface area contributed by atoms with Crippen LogP contribution in [0.15, 0.2) is 40.8 Å². The van der Waals surface area contributed by atoms with Crippen molar-refractivity contribution in [2.45, 2.75) is 38.8 Å². The summed E-state index contributed by atoms with van der Waals surface area (Å²) in [5, 5.41) is 3.44. The van der Waals surface area contributed by atoms with Crippen LogP contribution in [0.5, 0.6) is 5.75 Å². The van der Waals surface area contributed by atoms with Crippen LogP contribution in [0.2, 0.25) is 0 Å². The monoisotopic (exact) mass is 446 g/mol. The zero-order valence-corrected chi connectivity index (χ0v) is 18.2. The maximum Gasteiger partial charge on any atom is 0.256 e. The number of sulfonamides is 1. The lowest BCUT2D eigenvalue weighted by molar-refractivity contribution is 0.0952. The highest BCUT2D eigenvalue weighted by atomic mass is 32.2. The van der Waals surface area contributed by atoms with Crippen LogP contribution in [0, 0.1) is 5.82 Å². The Kier molecular flexibility index (Phi) is 5.38. The van der Waals surface area contributed by atoms with Gasteiger partial charge in [-0.1, -0.05) is 0 Å². The molecule has 0 atom stereocenters. The van der Waals surface area contributed by atoms with E-state index in [0.29, 0.717) is 22.1 Å². The number of carbonyl (C=O) groups excluding carboxylic acids is 1. The second-order valence-electron chi connectivity index (χ2n) is 7.95. The van der Waals surface area contributed by atoms with Crippen LogP contribution in [-0.2, 0) is 10.0 Å². The van der Waals surface area contributed by atoms with Gasteiger partial charge in [0.25, 0.3) is 5.91 Å². The average molecular weight is 447 g/mol. The van der Waals surface area contributed by atoms with E-state index in [9.17, 15) is 17.6 Å². The van der Waals surface area contributed by atoms with Gasteiger partial charge in [0.15, 0.2) is 0 Å². The maximum atomic E-state index is 13.4. The van der Waals surface area contributed by atoms with E-state index in [1.54, 1.807) is 6.07 Å². The lowest BCUT2D eigenvalue weighted by atomic mass is 10.0. The number of hydrogen-bond acceptors (Lipinski definition) is 5.